The van der Waals surface area contributed by atoms with E-state index in [1.165, 1.54) is 4.90 Å². The average molecular weight is 247 g/mol. The molecule has 0 spiro atoms. The van der Waals surface area contributed by atoms with Gasteiger partial charge in [-0.05, 0) is 34.1 Å². The molecular weight excluding hydrogens is 225 g/mol. The molecule has 1 saturated heterocycles. The summed E-state index contributed by atoms with van der Waals surface area (Å²) in [6, 6.07) is 0. The van der Waals surface area contributed by atoms with Gasteiger partial charge in [0.15, 0.2) is 0 Å². The lowest BCUT2D eigenvalue weighted by Gasteiger charge is -2.36. The zero-order valence-electron chi connectivity index (χ0n) is 10.9. The zero-order chi connectivity index (χ0) is 13.2. The average Bonchev–Trinajstić information content (AvgIpc) is 2.14. The molecule has 100 valence electrons. The van der Waals surface area contributed by atoms with Crippen molar-refractivity contribution in [2.24, 2.45) is 5.92 Å². The van der Waals surface area contributed by atoms with E-state index in [1.54, 1.807) is 27.7 Å². The highest BCUT2D eigenvalue weighted by Gasteiger charge is 2.35. The van der Waals surface area contributed by atoms with Crippen LogP contribution in [0.2, 0.25) is 0 Å². The number of carbonyl (C=O) groups is 1. The molecule has 1 rings (SSSR count). The molecule has 1 fully saturated rings. The second-order valence-corrected chi connectivity index (χ2v) is 5.64. The lowest BCUT2D eigenvalue weighted by atomic mass is 9.91. The number of hydrogen-bond donors (Lipinski definition) is 1. The van der Waals surface area contributed by atoms with E-state index in [2.05, 4.69) is 0 Å². The van der Waals surface area contributed by atoms with Gasteiger partial charge in [0.25, 0.3) is 0 Å². The van der Waals surface area contributed by atoms with Crippen LogP contribution in [-0.4, -0.2) is 47.1 Å². The van der Waals surface area contributed by atoms with E-state index >= 15 is 0 Å². The Morgan fingerprint density at radius 3 is 2.53 bits per heavy atom. The van der Waals surface area contributed by atoms with Crippen molar-refractivity contribution in [3.05, 3.63) is 0 Å². The van der Waals surface area contributed by atoms with Gasteiger partial charge < -0.3 is 14.7 Å². The molecule has 1 N–H and O–H groups in total. The minimum absolute atomic E-state index is 0.00444. The Morgan fingerprint density at radius 1 is 1.53 bits per heavy atom. The van der Waals surface area contributed by atoms with E-state index < -0.39 is 24.0 Å². The SMILES string of the molecule is C[C@@H](O)[C@H]1CCN(C(=O)OC(C)(C)C)C[C@@H]1F. The number of nitrogens with zero attached hydrogens (tertiary/aromatic N) is 1. The van der Waals surface area contributed by atoms with Crippen molar-refractivity contribution in [1.82, 2.24) is 4.90 Å². The summed E-state index contributed by atoms with van der Waals surface area (Å²) in [6.07, 6.45) is -1.87. The summed E-state index contributed by atoms with van der Waals surface area (Å²) in [5.74, 6) is -0.381. The third-order valence-corrected chi connectivity index (χ3v) is 2.86. The lowest BCUT2D eigenvalue weighted by Crippen LogP contribution is -2.49. The van der Waals surface area contributed by atoms with Crippen LogP contribution in [0.1, 0.15) is 34.1 Å². The van der Waals surface area contributed by atoms with Crippen LogP contribution in [0.4, 0.5) is 9.18 Å². The van der Waals surface area contributed by atoms with E-state index in [1.807, 2.05) is 0 Å². The fraction of sp³-hybridized carbons (Fsp3) is 0.917. The molecule has 0 aromatic rings. The highest BCUT2D eigenvalue weighted by Crippen LogP contribution is 2.24. The summed E-state index contributed by atoms with van der Waals surface area (Å²) in [6.45, 7) is 7.36. The molecule has 1 amide bonds. The van der Waals surface area contributed by atoms with Crippen LogP contribution in [0.25, 0.3) is 0 Å². The number of amides is 1. The first-order chi connectivity index (χ1) is 7.70. The largest absolute Gasteiger partial charge is 0.444 e. The van der Waals surface area contributed by atoms with Crippen molar-refractivity contribution in [1.29, 1.82) is 0 Å². The van der Waals surface area contributed by atoms with E-state index in [4.69, 9.17) is 4.74 Å². The molecule has 4 nitrogen and oxygen atoms in total. The molecule has 0 aliphatic carbocycles. The van der Waals surface area contributed by atoms with Crippen molar-refractivity contribution >= 4 is 6.09 Å². The zero-order valence-corrected chi connectivity index (χ0v) is 10.9. The number of ether oxygens (including phenoxy) is 1. The lowest BCUT2D eigenvalue weighted by molar-refractivity contribution is -0.0154. The first-order valence-electron chi connectivity index (χ1n) is 6.01. The van der Waals surface area contributed by atoms with E-state index in [-0.39, 0.29) is 12.5 Å². The Morgan fingerprint density at radius 2 is 2.12 bits per heavy atom. The monoisotopic (exact) mass is 247 g/mol. The molecule has 1 aliphatic rings. The van der Waals surface area contributed by atoms with Gasteiger partial charge in [-0.25, -0.2) is 9.18 Å². The number of carbonyl (C=O) groups excluding carboxylic acids is 1. The number of rotatable bonds is 1. The molecule has 0 radical (unpaired) electrons. The maximum atomic E-state index is 13.7. The number of alkyl halides is 1. The van der Waals surface area contributed by atoms with Gasteiger partial charge in [0, 0.05) is 12.5 Å². The highest BCUT2D eigenvalue weighted by molar-refractivity contribution is 5.68. The van der Waals surface area contributed by atoms with Crippen LogP contribution < -0.4 is 0 Å². The van der Waals surface area contributed by atoms with Gasteiger partial charge in [0.05, 0.1) is 12.6 Å². The van der Waals surface area contributed by atoms with Crippen LogP contribution in [0.3, 0.4) is 0 Å². The molecular formula is C12H22FNO3. The number of aliphatic hydroxyl groups is 1. The predicted molar refractivity (Wildman–Crippen MR) is 62.5 cm³/mol. The van der Waals surface area contributed by atoms with Crippen molar-refractivity contribution in [3.63, 3.8) is 0 Å². The molecule has 3 atom stereocenters. The fourth-order valence-corrected chi connectivity index (χ4v) is 1.96. The number of likely N-dealkylation sites (tertiary alicyclic amines) is 1. The molecule has 0 unspecified atom stereocenters. The molecule has 0 saturated carbocycles. The van der Waals surface area contributed by atoms with Crippen molar-refractivity contribution in [3.8, 4) is 0 Å². The summed E-state index contributed by atoms with van der Waals surface area (Å²) in [5.41, 5.74) is -0.565. The summed E-state index contributed by atoms with van der Waals surface area (Å²) in [5, 5.41) is 9.38. The molecule has 1 heterocycles. The Hall–Kier alpha value is -0.840. The first-order valence-corrected chi connectivity index (χ1v) is 6.01. The van der Waals surface area contributed by atoms with E-state index in [0.29, 0.717) is 13.0 Å². The molecule has 0 aromatic carbocycles. The predicted octanol–water partition coefficient (Wildman–Crippen LogP) is 1.96. The highest BCUT2D eigenvalue weighted by atomic mass is 19.1. The van der Waals surface area contributed by atoms with Crippen LogP contribution in [0, 0.1) is 5.92 Å². The van der Waals surface area contributed by atoms with Crippen LogP contribution >= 0.6 is 0 Å². The van der Waals surface area contributed by atoms with Gasteiger partial charge in [-0.3, -0.25) is 0 Å². The molecule has 1 aliphatic heterocycles. The molecule has 0 aromatic heterocycles. The van der Waals surface area contributed by atoms with Gasteiger partial charge >= 0.3 is 6.09 Å². The minimum Gasteiger partial charge on any atom is -0.444 e. The Labute approximate surface area is 102 Å². The van der Waals surface area contributed by atoms with Crippen LogP contribution in [0.15, 0.2) is 0 Å². The second-order valence-electron chi connectivity index (χ2n) is 5.64. The van der Waals surface area contributed by atoms with Crippen molar-refractivity contribution in [2.75, 3.05) is 13.1 Å². The van der Waals surface area contributed by atoms with E-state index in [9.17, 15) is 14.3 Å². The summed E-state index contributed by atoms with van der Waals surface area (Å²) >= 11 is 0. The number of piperidine rings is 1. The second kappa shape index (κ2) is 5.21. The van der Waals surface area contributed by atoms with Gasteiger partial charge in [-0.1, -0.05) is 0 Å². The number of aliphatic hydroxyl groups excluding tert-OH is 1. The number of hydrogen-bond acceptors (Lipinski definition) is 3. The van der Waals surface area contributed by atoms with Gasteiger partial charge in [0.1, 0.15) is 11.8 Å². The minimum atomic E-state index is -1.18. The summed E-state index contributed by atoms with van der Waals surface area (Å²) in [4.78, 5) is 13.1. The van der Waals surface area contributed by atoms with Gasteiger partial charge in [-0.15, -0.1) is 0 Å². The summed E-state index contributed by atoms with van der Waals surface area (Å²) < 4.78 is 18.9. The number of halogens is 1. The summed E-state index contributed by atoms with van der Waals surface area (Å²) in [7, 11) is 0. The quantitative estimate of drug-likeness (QED) is 0.770. The van der Waals surface area contributed by atoms with Crippen molar-refractivity contribution < 1.29 is 19.0 Å². The smallest absolute Gasteiger partial charge is 0.410 e. The Kier molecular flexibility index (Phi) is 4.36. The Bertz CT molecular complexity index is 275. The maximum absolute atomic E-state index is 13.7. The maximum Gasteiger partial charge on any atom is 0.410 e. The third-order valence-electron chi connectivity index (χ3n) is 2.86. The van der Waals surface area contributed by atoms with Crippen LogP contribution in [-0.2, 0) is 4.74 Å². The Balaban J connectivity index is 2.52. The van der Waals surface area contributed by atoms with Gasteiger partial charge in [0.2, 0.25) is 0 Å². The first kappa shape index (κ1) is 14.2. The molecule has 0 bridgehead atoms. The van der Waals surface area contributed by atoms with Crippen molar-refractivity contribution in [2.45, 2.75) is 52.0 Å². The van der Waals surface area contributed by atoms with Gasteiger partial charge in [-0.2, -0.15) is 0 Å². The standard InChI is InChI=1S/C12H22FNO3/c1-8(15)9-5-6-14(7-10(9)13)11(16)17-12(2,3)4/h8-10,15H,5-7H2,1-4H3/t8-,9-,10+/m1/s1. The molecule has 5 heteroatoms. The van der Waals surface area contributed by atoms with E-state index in [0.717, 1.165) is 0 Å². The molecule has 17 heavy (non-hydrogen) atoms. The normalized spacial score (nSPS) is 27.8. The third kappa shape index (κ3) is 4.15. The topological polar surface area (TPSA) is 49.8 Å². The van der Waals surface area contributed by atoms with Crippen LogP contribution in [0.5, 0.6) is 0 Å². The fourth-order valence-electron chi connectivity index (χ4n) is 1.96.